The average Bonchev–Trinajstić information content (AvgIpc) is 3.22. The number of nitro groups is 1. The Labute approximate surface area is 122 Å². The van der Waals surface area contributed by atoms with Crippen LogP contribution in [-0.4, -0.2) is 36.3 Å². The fourth-order valence-corrected chi connectivity index (χ4v) is 2.35. The fraction of sp³-hybridized carbons (Fsp3) is 0.500. The maximum atomic E-state index is 11.1. The Morgan fingerprint density at radius 2 is 2.24 bits per heavy atom. The van der Waals surface area contributed by atoms with E-state index >= 15 is 0 Å². The van der Waals surface area contributed by atoms with Gasteiger partial charge in [-0.2, -0.15) is 0 Å². The minimum atomic E-state index is -1.30. The number of methoxy groups -OCH3 is 1. The molecule has 0 heterocycles. The number of aromatic carboxylic acids is 1. The Bertz CT molecular complexity index is 554. The molecule has 0 saturated heterocycles. The third-order valence-electron chi connectivity index (χ3n) is 3.90. The lowest BCUT2D eigenvalue weighted by Gasteiger charge is -2.16. The molecule has 1 aliphatic rings. The summed E-state index contributed by atoms with van der Waals surface area (Å²) >= 11 is 0. The number of hydrogen-bond acceptors (Lipinski definition) is 5. The minimum Gasteiger partial charge on any atom is -0.477 e. The zero-order valence-electron chi connectivity index (χ0n) is 11.8. The molecule has 0 atom stereocenters. The number of carboxylic acids is 1. The second-order valence-electron chi connectivity index (χ2n) is 5.36. The molecule has 7 nitrogen and oxygen atoms in total. The van der Waals surface area contributed by atoms with Crippen LogP contribution >= 0.6 is 0 Å². The van der Waals surface area contributed by atoms with E-state index in [4.69, 9.17) is 9.84 Å². The largest absolute Gasteiger partial charge is 0.477 e. The number of carboxylic acid groups (broad SMARTS) is 1. The monoisotopic (exact) mass is 294 g/mol. The van der Waals surface area contributed by atoms with Crippen LogP contribution in [0.3, 0.4) is 0 Å². The van der Waals surface area contributed by atoms with E-state index in [-0.39, 0.29) is 22.4 Å². The second kappa shape index (κ2) is 6.09. The van der Waals surface area contributed by atoms with Gasteiger partial charge in [0.1, 0.15) is 11.3 Å². The second-order valence-corrected chi connectivity index (χ2v) is 5.36. The van der Waals surface area contributed by atoms with E-state index in [1.807, 2.05) is 0 Å². The van der Waals surface area contributed by atoms with E-state index in [0.717, 1.165) is 19.3 Å². The summed E-state index contributed by atoms with van der Waals surface area (Å²) in [6.45, 7) is 1.24. The van der Waals surface area contributed by atoms with Crippen molar-refractivity contribution < 1.29 is 19.6 Å². The van der Waals surface area contributed by atoms with Gasteiger partial charge in [0.2, 0.25) is 0 Å². The summed E-state index contributed by atoms with van der Waals surface area (Å²) in [6, 6.07) is 4.29. The molecule has 0 bridgehead atoms. The van der Waals surface area contributed by atoms with Crippen molar-refractivity contribution in [2.24, 2.45) is 5.41 Å². The van der Waals surface area contributed by atoms with Crippen LogP contribution in [0, 0.1) is 15.5 Å². The van der Waals surface area contributed by atoms with Gasteiger partial charge in [-0.05, 0) is 36.8 Å². The van der Waals surface area contributed by atoms with Crippen molar-refractivity contribution in [3.8, 4) is 0 Å². The molecule has 0 unspecified atom stereocenters. The molecule has 1 aliphatic carbocycles. The highest BCUT2D eigenvalue weighted by atomic mass is 16.6. The summed E-state index contributed by atoms with van der Waals surface area (Å²) in [5.41, 5.74) is -0.314. The number of carbonyl (C=O) groups is 1. The van der Waals surface area contributed by atoms with E-state index in [9.17, 15) is 14.9 Å². The first kappa shape index (κ1) is 15.2. The molecule has 1 aromatic carbocycles. The first-order valence-electron chi connectivity index (χ1n) is 6.73. The summed E-state index contributed by atoms with van der Waals surface area (Å²) in [7, 11) is 1.64. The highest BCUT2D eigenvalue weighted by molar-refractivity contribution is 5.95. The zero-order chi connectivity index (χ0) is 15.5. The van der Waals surface area contributed by atoms with Gasteiger partial charge >= 0.3 is 11.7 Å². The van der Waals surface area contributed by atoms with Gasteiger partial charge in [0, 0.05) is 20.3 Å². The number of anilines is 1. The molecule has 0 spiro atoms. The van der Waals surface area contributed by atoms with Crippen LogP contribution in [0.25, 0.3) is 0 Å². The van der Waals surface area contributed by atoms with Crippen LogP contribution in [-0.2, 0) is 4.74 Å². The summed E-state index contributed by atoms with van der Waals surface area (Å²) in [4.78, 5) is 21.6. The highest BCUT2D eigenvalue weighted by Gasteiger charge is 2.42. The number of rotatable bonds is 8. The molecule has 2 N–H and O–H groups in total. The SMILES string of the molecule is COCCC1(CNc2cccc(C(=O)O)c2[N+](=O)[O-])CC1. The van der Waals surface area contributed by atoms with Gasteiger partial charge in [0.25, 0.3) is 0 Å². The molecule has 0 aliphatic heterocycles. The molecular weight excluding hydrogens is 276 g/mol. The standard InChI is InChI=1S/C14H18N2O5/c1-21-8-7-14(5-6-14)9-15-11-4-2-3-10(13(17)18)12(11)16(19)20/h2-4,15H,5-9H2,1H3,(H,17,18). The van der Waals surface area contributed by atoms with Gasteiger partial charge in [-0.25, -0.2) is 4.79 Å². The molecule has 1 saturated carbocycles. The summed E-state index contributed by atoms with van der Waals surface area (Å²) < 4.78 is 5.07. The van der Waals surface area contributed by atoms with E-state index in [0.29, 0.717) is 13.2 Å². The van der Waals surface area contributed by atoms with Gasteiger partial charge in [0.05, 0.1) is 4.92 Å². The highest BCUT2D eigenvalue weighted by Crippen LogP contribution is 2.49. The molecule has 1 fully saturated rings. The topological polar surface area (TPSA) is 102 Å². The number of hydrogen-bond donors (Lipinski definition) is 2. The molecule has 114 valence electrons. The van der Waals surface area contributed by atoms with Gasteiger partial charge in [0.15, 0.2) is 0 Å². The van der Waals surface area contributed by atoms with Crippen LogP contribution in [0.15, 0.2) is 18.2 Å². The molecule has 0 aromatic heterocycles. The predicted octanol–water partition coefficient (Wildman–Crippen LogP) is 2.52. The first-order valence-corrected chi connectivity index (χ1v) is 6.73. The molecule has 7 heteroatoms. The average molecular weight is 294 g/mol. The quantitative estimate of drug-likeness (QED) is 0.564. The lowest BCUT2D eigenvalue weighted by Crippen LogP contribution is -2.18. The Kier molecular flexibility index (Phi) is 4.42. The van der Waals surface area contributed by atoms with Gasteiger partial charge in [-0.1, -0.05) is 6.07 Å². The van der Waals surface area contributed by atoms with Crippen molar-refractivity contribution in [2.45, 2.75) is 19.3 Å². The number of benzene rings is 1. The number of ether oxygens (including phenoxy) is 1. The van der Waals surface area contributed by atoms with Crippen molar-refractivity contribution >= 4 is 17.3 Å². The lowest BCUT2D eigenvalue weighted by atomic mass is 10.0. The van der Waals surface area contributed by atoms with Crippen molar-refractivity contribution in [1.82, 2.24) is 0 Å². The number of nitro benzene ring substituents is 1. The normalized spacial score (nSPS) is 15.5. The number of nitrogens with one attached hydrogen (secondary N) is 1. The predicted molar refractivity (Wildman–Crippen MR) is 76.7 cm³/mol. The summed E-state index contributed by atoms with van der Waals surface area (Å²) in [6.07, 6.45) is 2.99. The fourth-order valence-electron chi connectivity index (χ4n) is 2.35. The molecule has 2 rings (SSSR count). The maximum absolute atomic E-state index is 11.1. The van der Waals surface area contributed by atoms with E-state index in [2.05, 4.69) is 5.32 Å². The van der Waals surface area contributed by atoms with E-state index in [1.165, 1.54) is 18.2 Å². The molecular formula is C14H18N2O5. The van der Waals surface area contributed by atoms with Crippen LogP contribution in [0.4, 0.5) is 11.4 Å². The number of nitrogens with zero attached hydrogens (tertiary/aromatic N) is 1. The lowest BCUT2D eigenvalue weighted by molar-refractivity contribution is -0.384. The summed E-state index contributed by atoms with van der Waals surface area (Å²) in [5, 5.41) is 23.2. The zero-order valence-corrected chi connectivity index (χ0v) is 11.8. The first-order chi connectivity index (χ1) is 9.99. The Morgan fingerprint density at radius 1 is 1.52 bits per heavy atom. The summed E-state index contributed by atoms with van der Waals surface area (Å²) in [5.74, 6) is -1.30. The van der Waals surface area contributed by atoms with Crippen LogP contribution in [0.5, 0.6) is 0 Å². The van der Waals surface area contributed by atoms with Crippen molar-refractivity contribution in [3.63, 3.8) is 0 Å². The minimum absolute atomic E-state index is 0.114. The van der Waals surface area contributed by atoms with Crippen LogP contribution in [0.2, 0.25) is 0 Å². The molecule has 0 amide bonds. The van der Waals surface area contributed by atoms with Crippen LogP contribution < -0.4 is 5.32 Å². The van der Waals surface area contributed by atoms with Crippen LogP contribution in [0.1, 0.15) is 29.6 Å². The van der Waals surface area contributed by atoms with Gasteiger partial charge in [-0.3, -0.25) is 10.1 Å². The third-order valence-corrected chi connectivity index (χ3v) is 3.90. The Morgan fingerprint density at radius 3 is 2.76 bits per heavy atom. The molecule has 21 heavy (non-hydrogen) atoms. The Balaban J connectivity index is 2.15. The van der Waals surface area contributed by atoms with Gasteiger partial charge < -0.3 is 15.2 Å². The third kappa shape index (κ3) is 3.49. The van der Waals surface area contributed by atoms with Gasteiger partial charge in [-0.15, -0.1) is 0 Å². The smallest absolute Gasteiger partial charge is 0.342 e. The number of para-hydroxylation sites is 1. The van der Waals surface area contributed by atoms with Crippen molar-refractivity contribution in [1.29, 1.82) is 0 Å². The molecule has 1 aromatic rings. The molecule has 0 radical (unpaired) electrons. The maximum Gasteiger partial charge on any atom is 0.342 e. The van der Waals surface area contributed by atoms with Crippen molar-refractivity contribution in [2.75, 3.05) is 25.6 Å². The van der Waals surface area contributed by atoms with E-state index < -0.39 is 10.9 Å². The van der Waals surface area contributed by atoms with E-state index in [1.54, 1.807) is 7.11 Å². The Hall–Kier alpha value is -2.15. The van der Waals surface area contributed by atoms with Crippen molar-refractivity contribution in [3.05, 3.63) is 33.9 Å².